The average Bonchev–Trinajstić information content (AvgIpc) is 3.33. The molecular weight excluding hydrogens is 352 g/mol. The summed E-state index contributed by atoms with van der Waals surface area (Å²) in [6.45, 7) is 5.01. The molecule has 1 amide bonds. The van der Waals surface area contributed by atoms with Crippen molar-refractivity contribution in [2.45, 2.75) is 44.1 Å². The van der Waals surface area contributed by atoms with Crippen molar-refractivity contribution in [1.29, 1.82) is 0 Å². The van der Waals surface area contributed by atoms with Crippen LogP contribution in [0.1, 0.15) is 43.6 Å². The molecule has 1 aromatic carbocycles. The summed E-state index contributed by atoms with van der Waals surface area (Å²) >= 11 is 0. The normalized spacial score (nSPS) is 24.0. The minimum Gasteiger partial charge on any atom is -0.450 e. The molecule has 2 aromatic rings. The zero-order valence-corrected chi connectivity index (χ0v) is 16.5. The molecule has 2 aliphatic heterocycles. The Kier molecular flexibility index (Phi) is 6.17. The van der Waals surface area contributed by atoms with E-state index in [1.54, 1.807) is 0 Å². The summed E-state index contributed by atoms with van der Waals surface area (Å²) in [5, 5.41) is 5.02. The number of nitrogens with two attached hydrogens (primary N) is 1. The highest BCUT2D eigenvalue weighted by atomic mass is 16.5. The number of fused-ring (bicyclic) bond motifs is 1. The molecule has 2 saturated heterocycles. The standard InChI is InChI=1S/C22H32N4O2/c23-22(27)28-12-8-16-13-18(24-14-16)7-11-26-9-5-17(6-10-26)20-15-25-21-4-2-1-3-19(20)21/h1-4,15-18,24-25H,5-14H2,(H2,23,27)/t16-,18-/m0/s1. The van der Waals surface area contributed by atoms with Gasteiger partial charge in [0.2, 0.25) is 0 Å². The number of carbonyl (C=O) groups excluding carboxylic acids is 1. The van der Waals surface area contributed by atoms with Gasteiger partial charge in [-0.2, -0.15) is 0 Å². The molecule has 6 heteroatoms. The van der Waals surface area contributed by atoms with Crippen molar-refractivity contribution in [3.05, 3.63) is 36.0 Å². The Morgan fingerprint density at radius 1 is 1.21 bits per heavy atom. The van der Waals surface area contributed by atoms with E-state index in [1.807, 2.05) is 0 Å². The molecule has 2 aliphatic rings. The molecule has 4 N–H and O–H groups in total. The number of piperidine rings is 1. The fourth-order valence-corrected chi connectivity index (χ4v) is 4.91. The number of benzene rings is 1. The lowest BCUT2D eigenvalue weighted by molar-refractivity contribution is 0.149. The first-order valence-electron chi connectivity index (χ1n) is 10.6. The first-order valence-corrected chi connectivity index (χ1v) is 10.6. The summed E-state index contributed by atoms with van der Waals surface area (Å²) in [6, 6.07) is 9.22. The molecule has 2 atom stereocenters. The van der Waals surface area contributed by atoms with Crippen molar-refractivity contribution < 1.29 is 9.53 Å². The zero-order chi connectivity index (χ0) is 19.3. The van der Waals surface area contributed by atoms with Gasteiger partial charge >= 0.3 is 6.09 Å². The Labute approximate surface area is 166 Å². The lowest BCUT2D eigenvalue weighted by atomic mass is 9.89. The fourth-order valence-electron chi connectivity index (χ4n) is 4.91. The van der Waals surface area contributed by atoms with Crippen molar-refractivity contribution in [2.24, 2.45) is 11.7 Å². The summed E-state index contributed by atoms with van der Waals surface area (Å²) in [7, 11) is 0. The van der Waals surface area contributed by atoms with E-state index >= 15 is 0 Å². The van der Waals surface area contributed by atoms with Crippen LogP contribution in [0.15, 0.2) is 30.5 Å². The van der Waals surface area contributed by atoms with Crippen molar-refractivity contribution in [3.8, 4) is 0 Å². The van der Waals surface area contributed by atoms with Crippen LogP contribution < -0.4 is 11.1 Å². The van der Waals surface area contributed by atoms with Gasteiger partial charge in [0.25, 0.3) is 0 Å². The van der Waals surface area contributed by atoms with E-state index in [2.05, 4.69) is 45.7 Å². The van der Waals surface area contributed by atoms with Gasteiger partial charge in [-0.15, -0.1) is 0 Å². The number of likely N-dealkylation sites (tertiary alicyclic amines) is 1. The molecule has 3 heterocycles. The third-order valence-corrected chi connectivity index (χ3v) is 6.53. The van der Waals surface area contributed by atoms with E-state index in [0.29, 0.717) is 24.5 Å². The van der Waals surface area contributed by atoms with Gasteiger partial charge in [0.1, 0.15) is 0 Å². The minimum absolute atomic E-state index is 0.440. The number of aromatic nitrogens is 1. The number of ether oxygens (including phenoxy) is 1. The summed E-state index contributed by atoms with van der Waals surface area (Å²) < 4.78 is 4.86. The van der Waals surface area contributed by atoms with Gasteiger partial charge in [-0.3, -0.25) is 0 Å². The molecule has 4 rings (SSSR count). The lowest BCUT2D eigenvalue weighted by Gasteiger charge is -2.32. The molecular formula is C22H32N4O2. The van der Waals surface area contributed by atoms with E-state index in [-0.39, 0.29) is 0 Å². The summed E-state index contributed by atoms with van der Waals surface area (Å²) in [4.78, 5) is 16.7. The number of nitrogens with one attached hydrogen (secondary N) is 2. The number of aromatic amines is 1. The Hall–Kier alpha value is -2.05. The van der Waals surface area contributed by atoms with Crippen LogP contribution in [0.4, 0.5) is 4.79 Å². The van der Waals surface area contributed by atoms with Crippen LogP contribution in [-0.2, 0) is 4.74 Å². The average molecular weight is 385 g/mol. The zero-order valence-electron chi connectivity index (χ0n) is 16.5. The summed E-state index contributed by atoms with van der Waals surface area (Å²) in [5.41, 5.74) is 7.77. The second-order valence-corrected chi connectivity index (χ2v) is 8.36. The van der Waals surface area contributed by atoms with Gasteiger partial charge in [0, 0.05) is 23.1 Å². The number of rotatable bonds is 7. The lowest BCUT2D eigenvalue weighted by Crippen LogP contribution is -2.36. The van der Waals surface area contributed by atoms with Gasteiger partial charge in [0.05, 0.1) is 6.61 Å². The topological polar surface area (TPSA) is 83.4 Å². The fraction of sp³-hybridized carbons (Fsp3) is 0.591. The summed E-state index contributed by atoms with van der Waals surface area (Å²) in [5.74, 6) is 1.27. The van der Waals surface area contributed by atoms with Crippen LogP contribution in [0.5, 0.6) is 0 Å². The van der Waals surface area contributed by atoms with E-state index in [1.165, 1.54) is 61.8 Å². The number of primary amides is 1. The number of H-pyrrole nitrogens is 1. The second-order valence-electron chi connectivity index (χ2n) is 8.36. The smallest absolute Gasteiger partial charge is 0.404 e. The third-order valence-electron chi connectivity index (χ3n) is 6.53. The molecule has 0 spiro atoms. The largest absolute Gasteiger partial charge is 0.450 e. The third kappa shape index (κ3) is 4.67. The Bertz CT molecular complexity index is 782. The number of carbonyl (C=O) groups is 1. The highest BCUT2D eigenvalue weighted by Gasteiger charge is 2.26. The molecule has 0 unspecified atom stereocenters. The van der Waals surface area contributed by atoms with Crippen LogP contribution in [0.25, 0.3) is 10.9 Å². The Morgan fingerprint density at radius 2 is 2.04 bits per heavy atom. The van der Waals surface area contributed by atoms with Gasteiger partial charge in [-0.05, 0) is 81.7 Å². The number of hydrogen-bond donors (Lipinski definition) is 3. The molecule has 0 aliphatic carbocycles. The first-order chi connectivity index (χ1) is 13.7. The molecule has 0 bridgehead atoms. The van der Waals surface area contributed by atoms with Gasteiger partial charge in [-0.1, -0.05) is 18.2 Å². The quantitative estimate of drug-likeness (QED) is 0.684. The highest BCUT2D eigenvalue weighted by molar-refractivity contribution is 5.83. The SMILES string of the molecule is NC(=O)OCC[C@@H]1CN[C@@H](CCN2CCC(c3c[nH]c4ccccc34)CC2)C1. The van der Waals surface area contributed by atoms with Crippen molar-refractivity contribution in [2.75, 3.05) is 32.8 Å². The number of para-hydroxylation sites is 1. The van der Waals surface area contributed by atoms with Crippen molar-refractivity contribution >= 4 is 17.0 Å². The highest BCUT2D eigenvalue weighted by Crippen LogP contribution is 2.33. The predicted octanol–water partition coefficient (Wildman–Crippen LogP) is 3.20. The minimum atomic E-state index is -0.668. The van der Waals surface area contributed by atoms with Crippen molar-refractivity contribution in [3.63, 3.8) is 0 Å². The molecule has 152 valence electrons. The van der Waals surface area contributed by atoms with Gasteiger partial charge in [0.15, 0.2) is 0 Å². The molecule has 2 fully saturated rings. The van der Waals surface area contributed by atoms with Gasteiger partial charge in [-0.25, -0.2) is 4.79 Å². The predicted molar refractivity (Wildman–Crippen MR) is 111 cm³/mol. The Morgan fingerprint density at radius 3 is 2.86 bits per heavy atom. The van der Waals surface area contributed by atoms with Crippen molar-refractivity contribution in [1.82, 2.24) is 15.2 Å². The van der Waals surface area contributed by atoms with Gasteiger partial charge < -0.3 is 25.7 Å². The first kappa shape index (κ1) is 19.3. The number of nitrogens with zero attached hydrogens (tertiary/aromatic N) is 1. The van der Waals surface area contributed by atoms with E-state index in [9.17, 15) is 4.79 Å². The molecule has 6 nitrogen and oxygen atoms in total. The number of hydrogen-bond acceptors (Lipinski definition) is 4. The summed E-state index contributed by atoms with van der Waals surface area (Å²) in [6.07, 6.45) is 7.32. The molecule has 0 saturated carbocycles. The van der Waals surface area contributed by atoms with Crippen LogP contribution in [0.2, 0.25) is 0 Å². The molecule has 28 heavy (non-hydrogen) atoms. The maximum atomic E-state index is 10.7. The van der Waals surface area contributed by atoms with Crippen LogP contribution >= 0.6 is 0 Å². The monoisotopic (exact) mass is 384 g/mol. The van der Waals surface area contributed by atoms with Crippen LogP contribution in [0.3, 0.4) is 0 Å². The number of amides is 1. The second kappa shape index (κ2) is 8.97. The van der Waals surface area contributed by atoms with E-state index in [0.717, 1.165) is 13.0 Å². The molecule has 1 aromatic heterocycles. The van der Waals surface area contributed by atoms with E-state index in [4.69, 9.17) is 10.5 Å². The maximum Gasteiger partial charge on any atom is 0.404 e. The Balaban J connectivity index is 1.18. The maximum absolute atomic E-state index is 10.7. The van der Waals surface area contributed by atoms with Crippen LogP contribution in [0, 0.1) is 5.92 Å². The van der Waals surface area contributed by atoms with Crippen LogP contribution in [-0.4, -0.2) is 54.8 Å². The molecule has 0 radical (unpaired) electrons. The van der Waals surface area contributed by atoms with E-state index < -0.39 is 6.09 Å².